The molecule has 1 saturated heterocycles. The fourth-order valence-electron chi connectivity index (χ4n) is 2.94. The van der Waals surface area contributed by atoms with E-state index in [1.807, 2.05) is 13.1 Å². The normalized spacial score (nSPS) is 16.3. The van der Waals surface area contributed by atoms with E-state index >= 15 is 0 Å². The van der Waals surface area contributed by atoms with Gasteiger partial charge < -0.3 is 15.2 Å². The second-order valence-electron chi connectivity index (χ2n) is 6.43. The number of aryl methyl sites for hydroxylation is 2. The van der Waals surface area contributed by atoms with Gasteiger partial charge >= 0.3 is 6.03 Å². The number of hydrogen-bond donors (Lipinski definition) is 2. The van der Waals surface area contributed by atoms with Crippen molar-refractivity contribution >= 4 is 6.03 Å². The van der Waals surface area contributed by atoms with E-state index in [-0.39, 0.29) is 12.1 Å². The van der Waals surface area contributed by atoms with Crippen molar-refractivity contribution in [1.82, 2.24) is 25.1 Å². The van der Waals surface area contributed by atoms with Gasteiger partial charge in [0, 0.05) is 51.2 Å². The van der Waals surface area contributed by atoms with E-state index in [9.17, 15) is 4.79 Å². The standard InChI is InChI=1S/C17H29N5O/c1-14(2)13-21-10-5-16(6-11-21)20-17(23)19-7-4-9-22-12-8-18-15(22)3/h8,12,16H,1,4-7,9-11,13H2,2-3H3,(H2,19,20,23). The maximum Gasteiger partial charge on any atom is 0.315 e. The van der Waals surface area contributed by atoms with Crippen molar-refractivity contribution in [3.8, 4) is 0 Å². The Morgan fingerprint density at radius 1 is 1.43 bits per heavy atom. The number of nitrogens with zero attached hydrogens (tertiary/aromatic N) is 3. The molecule has 1 aromatic rings. The summed E-state index contributed by atoms with van der Waals surface area (Å²) in [4.78, 5) is 18.5. The van der Waals surface area contributed by atoms with Crippen molar-refractivity contribution in [2.24, 2.45) is 0 Å². The van der Waals surface area contributed by atoms with E-state index in [4.69, 9.17) is 0 Å². The number of rotatable bonds is 7. The molecule has 2 amide bonds. The Balaban J connectivity index is 1.57. The Hall–Kier alpha value is -1.82. The fourth-order valence-corrected chi connectivity index (χ4v) is 2.94. The van der Waals surface area contributed by atoms with Crippen LogP contribution in [0.1, 0.15) is 32.0 Å². The van der Waals surface area contributed by atoms with Crippen molar-refractivity contribution in [3.63, 3.8) is 0 Å². The molecule has 0 saturated carbocycles. The van der Waals surface area contributed by atoms with Gasteiger partial charge in [-0.25, -0.2) is 9.78 Å². The number of urea groups is 1. The third-order valence-electron chi connectivity index (χ3n) is 4.20. The highest BCUT2D eigenvalue weighted by atomic mass is 16.2. The van der Waals surface area contributed by atoms with Gasteiger partial charge in [0.1, 0.15) is 5.82 Å². The monoisotopic (exact) mass is 319 g/mol. The molecule has 6 nitrogen and oxygen atoms in total. The van der Waals surface area contributed by atoms with Crippen LogP contribution in [0.5, 0.6) is 0 Å². The van der Waals surface area contributed by atoms with Crippen molar-refractivity contribution in [3.05, 3.63) is 30.4 Å². The first-order valence-electron chi connectivity index (χ1n) is 8.43. The molecular formula is C17H29N5O. The molecule has 1 fully saturated rings. The molecule has 0 spiro atoms. The zero-order valence-corrected chi connectivity index (χ0v) is 14.3. The minimum absolute atomic E-state index is 0.0503. The van der Waals surface area contributed by atoms with Gasteiger partial charge in [0.05, 0.1) is 0 Å². The first-order chi connectivity index (χ1) is 11.0. The van der Waals surface area contributed by atoms with E-state index in [0.29, 0.717) is 6.54 Å². The summed E-state index contributed by atoms with van der Waals surface area (Å²) in [6.45, 7) is 12.6. The molecule has 1 aliphatic heterocycles. The summed E-state index contributed by atoms with van der Waals surface area (Å²) in [6.07, 6.45) is 6.69. The Morgan fingerprint density at radius 2 is 2.17 bits per heavy atom. The number of imidazole rings is 1. The van der Waals surface area contributed by atoms with E-state index in [1.54, 1.807) is 6.20 Å². The number of aromatic nitrogens is 2. The van der Waals surface area contributed by atoms with Gasteiger partial charge in [0.2, 0.25) is 0 Å². The molecule has 2 rings (SSSR count). The quantitative estimate of drug-likeness (QED) is 0.596. The number of carbonyl (C=O) groups is 1. The summed E-state index contributed by atoms with van der Waals surface area (Å²) in [6, 6.07) is 0.234. The summed E-state index contributed by atoms with van der Waals surface area (Å²) in [5.41, 5.74) is 1.20. The van der Waals surface area contributed by atoms with Gasteiger partial charge in [0.25, 0.3) is 0 Å². The molecule has 0 bridgehead atoms. The van der Waals surface area contributed by atoms with Gasteiger partial charge in [-0.2, -0.15) is 0 Å². The van der Waals surface area contributed by atoms with E-state index in [2.05, 4.69) is 38.6 Å². The Labute approximate surface area is 139 Å². The van der Waals surface area contributed by atoms with Crippen LogP contribution in [0.4, 0.5) is 4.79 Å². The summed E-state index contributed by atoms with van der Waals surface area (Å²) in [5.74, 6) is 1.01. The van der Waals surface area contributed by atoms with E-state index < -0.39 is 0 Å². The topological polar surface area (TPSA) is 62.2 Å². The number of nitrogens with one attached hydrogen (secondary N) is 2. The molecule has 2 heterocycles. The minimum Gasteiger partial charge on any atom is -0.338 e. The Bertz CT molecular complexity index is 517. The zero-order valence-electron chi connectivity index (χ0n) is 14.3. The van der Waals surface area contributed by atoms with Gasteiger partial charge in [-0.05, 0) is 33.1 Å². The third kappa shape index (κ3) is 6.06. The second-order valence-corrected chi connectivity index (χ2v) is 6.43. The lowest BCUT2D eigenvalue weighted by atomic mass is 10.0. The highest BCUT2D eigenvalue weighted by molar-refractivity contribution is 5.74. The smallest absolute Gasteiger partial charge is 0.315 e. The Kier molecular flexibility index (Phi) is 6.65. The van der Waals surface area contributed by atoms with Crippen LogP contribution in [0.15, 0.2) is 24.5 Å². The van der Waals surface area contributed by atoms with Gasteiger partial charge in [0.15, 0.2) is 0 Å². The molecule has 1 aromatic heterocycles. The number of carbonyl (C=O) groups excluding carboxylic acids is 1. The van der Waals surface area contributed by atoms with Crippen molar-refractivity contribution in [2.45, 2.75) is 45.7 Å². The van der Waals surface area contributed by atoms with Crippen molar-refractivity contribution in [2.75, 3.05) is 26.2 Å². The summed E-state index contributed by atoms with van der Waals surface area (Å²) < 4.78 is 2.09. The highest BCUT2D eigenvalue weighted by Crippen LogP contribution is 2.11. The van der Waals surface area contributed by atoms with Crippen LogP contribution in [0.3, 0.4) is 0 Å². The maximum atomic E-state index is 11.9. The highest BCUT2D eigenvalue weighted by Gasteiger charge is 2.20. The van der Waals surface area contributed by atoms with Crippen molar-refractivity contribution in [1.29, 1.82) is 0 Å². The van der Waals surface area contributed by atoms with Gasteiger partial charge in [-0.3, -0.25) is 4.90 Å². The number of amides is 2. The average Bonchev–Trinajstić information content (AvgIpc) is 2.90. The van der Waals surface area contributed by atoms with Gasteiger partial charge in [-0.1, -0.05) is 12.2 Å². The molecule has 23 heavy (non-hydrogen) atoms. The molecule has 0 atom stereocenters. The predicted molar refractivity (Wildman–Crippen MR) is 92.4 cm³/mol. The molecule has 2 N–H and O–H groups in total. The Morgan fingerprint density at radius 3 is 2.78 bits per heavy atom. The van der Waals surface area contributed by atoms with E-state index in [1.165, 1.54) is 5.57 Å². The first-order valence-corrected chi connectivity index (χ1v) is 8.43. The first kappa shape index (κ1) is 17.5. The summed E-state index contributed by atoms with van der Waals surface area (Å²) in [7, 11) is 0. The van der Waals surface area contributed by atoms with Crippen LogP contribution in [-0.2, 0) is 6.54 Å². The largest absolute Gasteiger partial charge is 0.338 e. The lowest BCUT2D eigenvalue weighted by Crippen LogP contribution is -2.48. The molecule has 0 aliphatic carbocycles. The van der Waals surface area contributed by atoms with Crippen LogP contribution in [0.2, 0.25) is 0 Å². The molecule has 0 aromatic carbocycles. The van der Waals surface area contributed by atoms with E-state index in [0.717, 1.165) is 51.3 Å². The molecule has 1 aliphatic rings. The van der Waals surface area contributed by atoms with Crippen LogP contribution in [-0.4, -0.2) is 52.7 Å². The number of piperidine rings is 1. The predicted octanol–water partition coefficient (Wildman–Crippen LogP) is 1.92. The second kappa shape index (κ2) is 8.72. The molecular weight excluding hydrogens is 290 g/mol. The summed E-state index contributed by atoms with van der Waals surface area (Å²) >= 11 is 0. The lowest BCUT2D eigenvalue weighted by molar-refractivity contribution is 0.202. The SMILES string of the molecule is C=C(C)CN1CCC(NC(=O)NCCCn2ccnc2C)CC1. The number of likely N-dealkylation sites (tertiary alicyclic amines) is 1. The molecule has 0 unspecified atom stereocenters. The number of hydrogen-bond acceptors (Lipinski definition) is 3. The molecule has 6 heteroatoms. The van der Waals surface area contributed by atoms with Crippen LogP contribution >= 0.6 is 0 Å². The fraction of sp³-hybridized carbons (Fsp3) is 0.647. The van der Waals surface area contributed by atoms with Crippen molar-refractivity contribution < 1.29 is 4.79 Å². The average molecular weight is 319 g/mol. The molecule has 0 radical (unpaired) electrons. The van der Waals surface area contributed by atoms with Gasteiger partial charge in [-0.15, -0.1) is 0 Å². The zero-order chi connectivity index (χ0) is 16.7. The lowest BCUT2D eigenvalue weighted by Gasteiger charge is -2.32. The van der Waals surface area contributed by atoms with Crippen LogP contribution in [0, 0.1) is 6.92 Å². The van der Waals surface area contributed by atoms with Crippen LogP contribution in [0.25, 0.3) is 0 Å². The maximum absolute atomic E-state index is 11.9. The summed E-state index contributed by atoms with van der Waals surface area (Å²) in [5, 5.41) is 6.02. The minimum atomic E-state index is -0.0503. The third-order valence-corrected chi connectivity index (χ3v) is 4.20. The molecule has 128 valence electrons. The van der Waals surface area contributed by atoms with Crippen LogP contribution < -0.4 is 10.6 Å².